The first-order chi connectivity index (χ1) is 15.3. The standard InChI is InChI=1S/C25H22N4O3/c1-16-8-11-23(14-24(16)29(31)32)28-17(2)12-22(18(28)3)15-26-27-25(30)21-10-9-19-6-4-5-7-20(19)13-21/h4-15H,1-3H3,(H,27,30)/b26-15+. The number of aryl methyl sites for hydroxylation is 2. The van der Waals surface area contributed by atoms with E-state index >= 15 is 0 Å². The van der Waals surface area contributed by atoms with Gasteiger partial charge in [-0.05, 0) is 55.8 Å². The summed E-state index contributed by atoms with van der Waals surface area (Å²) in [5, 5.41) is 17.5. The fourth-order valence-electron chi connectivity index (χ4n) is 3.80. The number of carbonyl (C=O) groups excluding carboxylic acids is 1. The van der Waals surface area contributed by atoms with E-state index in [1.54, 1.807) is 31.3 Å². The summed E-state index contributed by atoms with van der Waals surface area (Å²) >= 11 is 0. The molecule has 3 aromatic carbocycles. The lowest BCUT2D eigenvalue weighted by Crippen LogP contribution is -2.17. The van der Waals surface area contributed by atoms with E-state index in [0.717, 1.165) is 27.7 Å². The molecule has 0 bridgehead atoms. The molecule has 0 aliphatic rings. The van der Waals surface area contributed by atoms with Crippen LogP contribution >= 0.6 is 0 Å². The third-order valence-corrected chi connectivity index (χ3v) is 5.50. The highest BCUT2D eigenvalue weighted by atomic mass is 16.6. The van der Waals surface area contributed by atoms with Crippen molar-refractivity contribution in [3.05, 3.63) is 105 Å². The average molecular weight is 426 g/mol. The van der Waals surface area contributed by atoms with Crippen molar-refractivity contribution in [1.29, 1.82) is 0 Å². The third kappa shape index (κ3) is 4.00. The minimum absolute atomic E-state index is 0.0767. The summed E-state index contributed by atoms with van der Waals surface area (Å²) in [5.41, 5.74) is 7.07. The van der Waals surface area contributed by atoms with Crippen molar-refractivity contribution < 1.29 is 9.72 Å². The van der Waals surface area contributed by atoms with E-state index in [0.29, 0.717) is 16.8 Å². The molecule has 0 atom stereocenters. The van der Waals surface area contributed by atoms with Crippen LogP contribution in [-0.2, 0) is 0 Å². The number of aromatic nitrogens is 1. The maximum atomic E-state index is 12.5. The molecular weight excluding hydrogens is 404 g/mol. The molecule has 32 heavy (non-hydrogen) atoms. The number of hydrogen-bond donors (Lipinski definition) is 1. The lowest BCUT2D eigenvalue weighted by Gasteiger charge is -2.10. The van der Waals surface area contributed by atoms with Gasteiger partial charge in [0.25, 0.3) is 11.6 Å². The number of nitro benzene ring substituents is 1. The Balaban J connectivity index is 1.55. The highest BCUT2D eigenvalue weighted by molar-refractivity contribution is 5.99. The Morgan fingerprint density at radius 2 is 1.75 bits per heavy atom. The van der Waals surface area contributed by atoms with Crippen LogP contribution in [0.2, 0.25) is 0 Å². The molecule has 1 N–H and O–H groups in total. The molecule has 160 valence electrons. The van der Waals surface area contributed by atoms with Gasteiger partial charge in [0.2, 0.25) is 0 Å². The molecule has 4 rings (SSSR count). The molecule has 0 radical (unpaired) electrons. The van der Waals surface area contributed by atoms with Crippen molar-refractivity contribution in [2.24, 2.45) is 5.10 Å². The number of nitro groups is 1. The van der Waals surface area contributed by atoms with E-state index in [4.69, 9.17) is 0 Å². The summed E-state index contributed by atoms with van der Waals surface area (Å²) in [4.78, 5) is 23.4. The predicted molar refractivity (Wildman–Crippen MR) is 126 cm³/mol. The number of amides is 1. The Morgan fingerprint density at radius 3 is 2.50 bits per heavy atom. The van der Waals surface area contributed by atoms with Crippen LogP contribution in [0.5, 0.6) is 0 Å². The molecule has 1 heterocycles. The third-order valence-electron chi connectivity index (χ3n) is 5.50. The van der Waals surface area contributed by atoms with Crippen LogP contribution in [-0.4, -0.2) is 21.6 Å². The summed E-state index contributed by atoms with van der Waals surface area (Å²) in [7, 11) is 0. The van der Waals surface area contributed by atoms with Crippen molar-refractivity contribution in [2.75, 3.05) is 0 Å². The van der Waals surface area contributed by atoms with E-state index in [1.807, 2.05) is 66.9 Å². The second kappa shape index (κ2) is 8.47. The molecule has 4 aromatic rings. The van der Waals surface area contributed by atoms with Crippen LogP contribution in [0.3, 0.4) is 0 Å². The first-order valence-corrected chi connectivity index (χ1v) is 10.1. The zero-order valence-corrected chi connectivity index (χ0v) is 18.0. The van der Waals surface area contributed by atoms with Gasteiger partial charge in [-0.15, -0.1) is 0 Å². The number of hydrogen-bond acceptors (Lipinski definition) is 4. The van der Waals surface area contributed by atoms with E-state index in [2.05, 4.69) is 10.5 Å². The molecule has 0 aliphatic carbocycles. The number of rotatable bonds is 5. The number of nitrogens with zero attached hydrogens (tertiary/aromatic N) is 3. The summed E-state index contributed by atoms with van der Waals surface area (Å²) in [5.74, 6) is -0.296. The van der Waals surface area contributed by atoms with Gasteiger partial charge in [-0.25, -0.2) is 5.43 Å². The van der Waals surface area contributed by atoms with Crippen molar-refractivity contribution in [3.63, 3.8) is 0 Å². The minimum Gasteiger partial charge on any atom is -0.318 e. The number of fused-ring (bicyclic) bond motifs is 1. The van der Waals surface area contributed by atoms with Gasteiger partial charge in [0, 0.05) is 34.1 Å². The zero-order valence-electron chi connectivity index (χ0n) is 18.0. The fraction of sp³-hybridized carbons (Fsp3) is 0.120. The van der Waals surface area contributed by atoms with Crippen LogP contribution in [0.15, 0.2) is 71.8 Å². The highest BCUT2D eigenvalue weighted by Gasteiger charge is 2.15. The quantitative estimate of drug-likeness (QED) is 0.269. The van der Waals surface area contributed by atoms with Gasteiger partial charge in [0.1, 0.15) is 0 Å². The Morgan fingerprint density at radius 1 is 1.00 bits per heavy atom. The SMILES string of the molecule is Cc1ccc(-n2c(C)cc(/C=N/NC(=O)c3ccc4ccccc4c3)c2C)cc1[N+](=O)[O-]. The number of benzene rings is 3. The monoisotopic (exact) mass is 426 g/mol. The van der Waals surface area contributed by atoms with E-state index in [9.17, 15) is 14.9 Å². The molecule has 1 amide bonds. The normalized spacial score (nSPS) is 11.2. The molecule has 7 nitrogen and oxygen atoms in total. The second-order valence-corrected chi connectivity index (χ2v) is 7.65. The van der Waals surface area contributed by atoms with Crippen molar-refractivity contribution in [3.8, 4) is 5.69 Å². The number of hydrazone groups is 1. The number of nitrogens with one attached hydrogen (secondary N) is 1. The van der Waals surface area contributed by atoms with Gasteiger partial charge in [0.05, 0.1) is 16.8 Å². The molecule has 7 heteroatoms. The number of carbonyl (C=O) groups is 1. The molecule has 0 aliphatic heterocycles. The zero-order chi connectivity index (χ0) is 22.8. The van der Waals surface area contributed by atoms with Crippen LogP contribution in [0, 0.1) is 30.9 Å². The topological polar surface area (TPSA) is 89.5 Å². The Kier molecular flexibility index (Phi) is 5.55. The fourth-order valence-corrected chi connectivity index (χ4v) is 3.80. The Labute approximate surface area is 185 Å². The van der Waals surface area contributed by atoms with E-state index in [-0.39, 0.29) is 16.5 Å². The predicted octanol–water partition coefficient (Wildman–Crippen LogP) is 5.23. The highest BCUT2D eigenvalue weighted by Crippen LogP contribution is 2.25. The van der Waals surface area contributed by atoms with Gasteiger partial charge in [-0.3, -0.25) is 14.9 Å². The smallest absolute Gasteiger partial charge is 0.274 e. The van der Waals surface area contributed by atoms with Gasteiger partial charge in [0.15, 0.2) is 0 Å². The largest absolute Gasteiger partial charge is 0.318 e. The first-order valence-electron chi connectivity index (χ1n) is 10.1. The van der Waals surface area contributed by atoms with Crippen molar-refractivity contribution in [2.45, 2.75) is 20.8 Å². The summed E-state index contributed by atoms with van der Waals surface area (Å²) in [6, 6.07) is 20.4. The maximum Gasteiger partial charge on any atom is 0.274 e. The van der Waals surface area contributed by atoms with Crippen LogP contribution < -0.4 is 5.43 Å². The average Bonchev–Trinajstić information content (AvgIpc) is 3.06. The summed E-state index contributed by atoms with van der Waals surface area (Å²) in [6.07, 6.45) is 1.58. The minimum atomic E-state index is -0.377. The van der Waals surface area contributed by atoms with E-state index in [1.165, 1.54) is 0 Å². The van der Waals surface area contributed by atoms with Crippen LogP contribution in [0.4, 0.5) is 5.69 Å². The maximum absolute atomic E-state index is 12.5. The Hall–Kier alpha value is -4.26. The van der Waals surface area contributed by atoms with Crippen LogP contribution in [0.25, 0.3) is 16.5 Å². The lowest BCUT2D eigenvalue weighted by molar-refractivity contribution is -0.385. The first kappa shape index (κ1) is 21.0. The Bertz CT molecular complexity index is 1390. The molecule has 0 saturated carbocycles. The molecule has 0 fully saturated rings. The van der Waals surface area contributed by atoms with Gasteiger partial charge in [-0.2, -0.15) is 5.10 Å². The summed E-state index contributed by atoms with van der Waals surface area (Å²) in [6.45, 7) is 5.54. The van der Waals surface area contributed by atoms with Crippen LogP contribution in [0.1, 0.15) is 32.9 Å². The molecule has 0 saturated heterocycles. The van der Waals surface area contributed by atoms with Gasteiger partial charge in [-0.1, -0.05) is 36.4 Å². The molecular formula is C25H22N4O3. The van der Waals surface area contributed by atoms with Crippen molar-refractivity contribution in [1.82, 2.24) is 9.99 Å². The van der Waals surface area contributed by atoms with Crippen molar-refractivity contribution >= 4 is 28.6 Å². The lowest BCUT2D eigenvalue weighted by atomic mass is 10.1. The second-order valence-electron chi connectivity index (χ2n) is 7.65. The molecule has 0 unspecified atom stereocenters. The van der Waals surface area contributed by atoms with E-state index < -0.39 is 0 Å². The van der Waals surface area contributed by atoms with Gasteiger partial charge < -0.3 is 4.57 Å². The molecule has 1 aromatic heterocycles. The van der Waals surface area contributed by atoms with Gasteiger partial charge >= 0.3 is 0 Å². The molecule has 0 spiro atoms. The summed E-state index contributed by atoms with van der Waals surface area (Å²) < 4.78 is 1.93.